The molecule has 23 heavy (non-hydrogen) atoms. The van der Waals surface area contributed by atoms with Crippen LogP contribution < -0.4 is 13.5 Å². The van der Waals surface area contributed by atoms with E-state index in [9.17, 15) is 9.59 Å². The van der Waals surface area contributed by atoms with Gasteiger partial charge in [-0.15, -0.1) is 0 Å². The highest BCUT2D eigenvalue weighted by atomic mass is 79.9. The van der Waals surface area contributed by atoms with Gasteiger partial charge in [-0.05, 0) is 48.5 Å². The molecule has 2 aromatic carbocycles. The van der Waals surface area contributed by atoms with Crippen LogP contribution in [0.2, 0.25) is 0 Å². The van der Waals surface area contributed by atoms with Crippen molar-refractivity contribution in [3.63, 3.8) is 0 Å². The molecule has 0 N–H and O–H groups in total. The molecule has 0 spiro atoms. The largest absolute Gasteiger partial charge is 0.423 e. The van der Waals surface area contributed by atoms with Crippen molar-refractivity contribution in [2.75, 3.05) is 0 Å². The van der Waals surface area contributed by atoms with Gasteiger partial charge in [-0.1, -0.05) is 6.58 Å². The summed E-state index contributed by atoms with van der Waals surface area (Å²) in [5, 5.41) is 0. The van der Waals surface area contributed by atoms with Crippen molar-refractivity contribution in [3.05, 3.63) is 66.7 Å². The quantitative estimate of drug-likeness (QED) is 0.251. The molecule has 118 valence electrons. The second kappa shape index (κ2) is 8.00. The fourth-order valence-corrected chi connectivity index (χ4v) is 1.71. The van der Waals surface area contributed by atoms with Gasteiger partial charge in [0.25, 0.3) is 0 Å². The third-order valence-electron chi connectivity index (χ3n) is 2.60. The Morgan fingerprint density at radius 2 is 1.48 bits per heavy atom. The van der Waals surface area contributed by atoms with Crippen molar-refractivity contribution in [2.45, 2.75) is 0 Å². The molecular formula is C16H11BrO6. The summed E-state index contributed by atoms with van der Waals surface area (Å²) in [7, 11) is 0. The molecule has 2 aromatic rings. The Labute approximate surface area is 140 Å². The monoisotopic (exact) mass is 378 g/mol. The van der Waals surface area contributed by atoms with Gasteiger partial charge in [-0.25, -0.2) is 14.5 Å². The van der Waals surface area contributed by atoms with Crippen LogP contribution in [-0.4, -0.2) is 11.9 Å². The van der Waals surface area contributed by atoms with E-state index in [1.54, 1.807) is 24.3 Å². The first-order valence-electron chi connectivity index (χ1n) is 6.34. The third-order valence-corrected chi connectivity index (χ3v) is 2.97. The molecule has 0 saturated carbocycles. The van der Waals surface area contributed by atoms with E-state index in [-0.39, 0.29) is 5.75 Å². The molecule has 2 rings (SSSR count). The summed E-state index contributed by atoms with van der Waals surface area (Å²) in [6, 6.07) is 12.4. The van der Waals surface area contributed by atoms with Crippen molar-refractivity contribution in [2.24, 2.45) is 0 Å². The first kappa shape index (κ1) is 16.6. The van der Waals surface area contributed by atoms with Gasteiger partial charge in [0.15, 0.2) is 22.0 Å². The van der Waals surface area contributed by atoms with Crippen LogP contribution in [0.25, 0.3) is 0 Å². The SMILES string of the molecule is C=CC(=O)OOc1ccc(C(=O)Oc2ccc(OBr)cc2)cc1. The number of hydrogen-bond acceptors (Lipinski definition) is 6. The number of carbonyl (C=O) groups is 2. The summed E-state index contributed by atoms with van der Waals surface area (Å²) in [5.74, 6) is -0.0315. The number of carbonyl (C=O) groups excluding carboxylic acids is 2. The summed E-state index contributed by atoms with van der Waals surface area (Å²) < 4.78 is 10.0. The lowest BCUT2D eigenvalue weighted by Crippen LogP contribution is -2.08. The summed E-state index contributed by atoms with van der Waals surface area (Å²) in [6.07, 6.45) is 0.970. The predicted molar refractivity (Wildman–Crippen MR) is 84.3 cm³/mol. The Balaban J connectivity index is 1.96. The molecular weight excluding hydrogens is 368 g/mol. The molecule has 0 radical (unpaired) electrons. The van der Waals surface area contributed by atoms with Crippen molar-refractivity contribution in [1.82, 2.24) is 0 Å². The van der Waals surface area contributed by atoms with E-state index in [1.165, 1.54) is 24.3 Å². The number of esters is 1. The molecule has 0 amide bonds. The lowest BCUT2D eigenvalue weighted by molar-refractivity contribution is -0.207. The lowest BCUT2D eigenvalue weighted by atomic mass is 10.2. The van der Waals surface area contributed by atoms with Gasteiger partial charge in [-0.2, -0.15) is 0 Å². The van der Waals surface area contributed by atoms with E-state index in [1.807, 2.05) is 0 Å². The number of rotatable bonds is 6. The number of halogens is 1. The average Bonchev–Trinajstić information content (AvgIpc) is 2.60. The van der Waals surface area contributed by atoms with Crippen molar-refractivity contribution >= 4 is 28.2 Å². The molecule has 0 bridgehead atoms. The molecule has 0 heterocycles. The van der Waals surface area contributed by atoms with Gasteiger partial charge in [0.2, 0.25) is 0 Å². The fraction of sp³-hybridized carbons (Fsp3) is 0. The Morgan fingerprint density at radius 3 is 2.04 bits per heavy atom. The van der Waals surface area contributed by atoms with E-state index < -0.39 is 11.9 Å². The minimum absolute atomic E-state index is 0.260. The van der Waals surface area contributed by atoms with Crippen LogP contribution in [0.3, 0.4) is 0 Å². The van der Waals surface area contributed by atoms with Crippen LogP contribution in [0, 0.1) is 0 Å². The Morgan fingerprint density at radius 1 is 0.913 bits per heavy atom. The second-order valence-corrected chi connectivity index (χ2v) is 4.48. The lowest BCUT2D eigenvalue weighted by Gasteiger charge is -2.06. The van der Waals surface area contributed by atoms with Crippen LogP contribution in [0.4, 0.5) is 0 Å². The highest BCUT2D eigenvalue weighted by Gasteiger charge is 2.09. The van der Waals surface area contributed by atoms with E-state index >= 15 is 0 Å². The Bertz CT molecular complexity index is 694. The molecule has 0 fully saturated rings. The van der Waals surface area contributed by atoms with Crippen LogP contribution in [0.15, 0.2) is 61.2 Å². The van der Waals surface area contributed by atoms with Gasteiger partial charge < -0.3 is 8.57 Å². The number of benzene rings is 2. The normalized spacial score (nSPS) is 9.61. The Hall–Kier alpha value is -2.80. The first-order chi connectivity index (χ1) is 11.1. The van der Waals surface area contributed by atoms with Gasteiger partial charge in [-0.3, -0.25) is 4.89 Å². The minimum Gasteiger partial charge on any atom is -0.423 e. The molecule has 6 nitrogen and oxygen atoms in total. The zero-order valence-electron chi connectivity index (χ0n) is 11.7. The van der Waals surface area contributed by atoms with Gasteiger partial charge in [0, 0.05) is 6.08 Å². The van der Waals surface area contributed by atoms with Gasteiger partial charge in [0.05, 0.1) is 5.56 Å². The van der Waals surface area contributed by atoms with E-state index in [0.29, 0.717) is 17.1 Å². The summed E-state index contributed by atoms with van der Waals surface area (Å²) in [4.78, 5) is 32.0. The molecule has 0 aliphatic carbocycles. The molecule has 0 atom stereocenters. The maximum atomic E-state index is 12.0. The van der Waals surface area contributed by atoms with Crippen LogP contribution in [-0.2, 0) is 9.68 Å². The Kier molecular flexibility index (Phi) is 5.76. The standard InChI is InChI=1S/C16H11BrO6/c1-2-15(18)23-22-14-5-3-11(4-6-14)16(19)20-12-7-9-13(21-17)10-8-12/h2-10H,1H2. The maximum Gasteiger partial charge on any atom is 0.378 e. The van der Waals surface area contributed by atoms with E-state index in [0.717, 1.165) is 6.08 Å². The highest BCUT2D eigenvalue weighted by molar-refractivity contribution is 9.06. The molecule has 0 aliphatic rings. The molecule has 7 heteroatoms. The zero-order valence-corrected chi connectivity index (χ0v) is 13.3. The molecule has 0 aliphatic heterocycles. The highest BCUT2D eigenvalue weighted by Crippen LogP contribution is 2.20. The predicted octanol–water partition coefficient (Wildman–Crippen LogP) is 3.62. The van der Waals surface area contributed by atoms with E-state index in [4.69, 9.17) is 13.5 Å². The fourth-order valence-electron chi connectivity index (χ4n) is 1.49. The summed E-state index contributed by atoms with van der Waals surface area (Å²) in [5.41, 5.74) is 0.313. The summed E-state index contributed by atoms with van der Waals surface area (Å²) >= 11 is 2.85. The topological polar surface area (TPSA) is 71.1 Å². The number of hydrogen-bond donors (Lipinski definition) is 0. The van der Waals surface area contributed by atoms with Gasteiger partial charge in [0.1, 0.15) is 11.5 Å². The second-order valence-electron chi connectivity index (χ2n) is 4.15. The van der Waals surface area contributed by atoms with Crippen LogP contribution in [0.5, 0.6) is 17.2 Å². The third kappa shape index (κ3) is 4.86. The number of ether oxygens (including phenoxy) is 1. The van der Waals surface area contributed by atoms with Crippen molar-refractivity contribution in [3.8, 4) is 17.2 Å². The smallest absolute Gasteiger partial charge is 0.378 e. The molecule has 0 unspecified atom stereocenters. The van der Waals surface area contributed by atoms with Crippen LogP contribution >= 0.6 is 16.3 Å². The van der Waals surface area contributed by atoms with Crippen LogP contribution in [0.1, 0.15) is 10.4 Å². The molecule has 0 saturated heterocycles. The maximum absolute atomic E-state index is 12.0. The van der Waals surface area contributed by atoms with Crippen molar-refractivity contribution < 1.29 is 27.9 Å². The van der Waals surface area contributed by atoms with Gasteiger partial charge >= 0.3 is 11.9 Å². The van der Waals surface area contributed by atoms with Crippen molar-refractivity contribution in [1.29, 1.82) is 0 Å². The minimum atomic E-state index is -0.718. The van der Waals surface area contributed by atoms with E-state index in [2.05, 4.69) is 27.7 Å². The first-order valence-corrected chi connectivity index (χ1v) is 6.99. The zero-order chi connectivity index (χ0) is 16.7. The summed E-state index contributed by atoms with van der Waals surface area (Å²) in [6.45, 7) is 3.23. The molecule has 0 aromatic heterocycles. The average molecular weight is 379 g/mol.